The highest BCUT2D eigenvalue weighted by molar-refractivity contribution is 5.24. The summed E-state index contributed by atoms with van der Waals surface area (Å²) in [5, 5.41) is 11.0. The van der Waals surface area contributed by atoms with E-state index in [1.54, 1.807) is 0 Å². The zero-order chi connectivity index (χ0) is 12.8. The van der Waals surface area contributed by atoms with E-state index in [-0.39, 0.29) is 0 Å². The van der Waals surface area contributed by atoms with Gasteiger partial charge in [-0.25, -0.2) is 0 Å². The van der Waals surface area contributed by atoms with Gasteiger partial charge in [0.05, 0.1) is 6.54 Å². The molecule has 0 atom stereocenters. The fraction of sp³-hybridized carbons (Fsp3) is 0.385. The fourth-order valence-corrected chi connectivity index (χ4v) is 1.66. The summed E-state index contributed by atoms with van der Waals surface area (Å²) >= 11 is 0. The van der Waals surface area contributed by atoms with E-state index < -0.39 is 0 Å². The van der Waals surface area contributed by atoms with E-state index >= 15 is 0 Å². The molecule has 0 aliphatic carbocycles. The second-order valence-electron chi connectivity index (χ2n) is 4.17. The summed E-state index contributed by atoms with van der Waals surface area (Å²) in [7, 11) is 3.81. The minimum absolute atomic E-state index is 0.566. The van der Waals surface area contributed by atoms with Crippen molar-refractivity contribution in [2.45, 2.75) is 13.0 Å². The average Bonchev–Trinajstić information content (AvgIpc) is 2.86. The van der Waals surface area contributed by atoms with Crippen LogP contribution < -0.4 is 10.2 Å². The molecular weight excluding hydrogens is 228 g/mol. The summed E-state index contributed by atoms with van der Waals surface area (Å²) in [6.45, 7) is 1.45. The van der Waals surface area contributed by atoms with E-state index in [2.05, 4.69) is 27.6 Å². The first kappa shape index (κ1) is 12.6. The molecule has 0 aliphatic rings. The molecule has 1 heterocycles. The van der Waals surface area contributed by atoms with Crippen LogP contribution in [0.25, 0.3) is 0 Å². The Labute approximate surface area is 107 Å². The summed E-state index contributed by atoms with van der Waals surface area (Å²) in [6, 6.07) is 10.9. The predicted molar refractivity (Wildman–Crippen MR) is 70.5 cm³/mol. The molecular formula is C13H18N4O. The van der Waals surface area contributed by atoms with Crippen LogP contribution in [0, 0.1) is 0 Å². The number of anilines is 1. The van der Waals surface area contributed by atoms with Crippen molar-refractivity contribution >= 4 is 6.01 Å². The highest BCUT2D eigenvalue weighted by atomic mass is 16.4. The molecule has 0 aliphatic heterocycles. The number of hydrogen-bond donors (Lipinski definition) is 1. The van der Waals surface area contributed by atoms with Gasteiger partial charge < -0.3 is 14.6 Å². The molecule has 0 amide bonds. The topological polar surface area (TPSA) is 54.2 Å². The minimum atomic E-state index is 0.566. The number of nitrogens with zero attached hydrogens (tertiary/aromatic N) is 3. The van der Waals surface area contributed by atoms with Crippen molar-refractivity contribution in [2.75, 3.05) is 25.5 Å². The third kappa shape index (κ3) is 3.30. The van der Waals surface area contributed by atoms with Crippen LogP contribution >= 0.6 is 0 Å². The third-order valence-corrected chi connectivity index (χ3v) is 2.69. The second-order valence-corrected chi connectivity index (χ2v) is 4.17. The molecule has 0 unspecified atom stereocenters. The number of nitrogens with one attached hydrogen (secondary N) is 1. The van der Waals surface area contributed by atoms with Gasteiger partial charge in [0.2, 0.25) is 5.89 Å². The molecule has 0 saturated carbocycles. The van der Waals surface area contributed by atoms with E-state index in [9.17, 15) is 0 Å². The van der Waals surface area contributed by atoms with E-state index in [4.69, 9.17) is 4.42 Å². The molecule has 0 bridgehead atoms. The molecule has 2 aromatic rings. The van der Waals surface area contributed by atoms with Crippen LogP contribution in [0.5, 0.6) is 0 Å². The van der Waals surface area contributed by atoms with E-state index in [1.807, 2.05) is 37.2 Å². The Morgan fingerprint density at radius 3 is 2.72 bits per heavy atom. The summed E-state index contributed by atoms with van der Waals surface area (Å²) in [5.74, 6) is 0.610. The first-order valence-electron chi connectivity index (χ1n) is 6.01. The molecule has 1 N–H and O–H groups in total. The Morgan fingerprint density at radius 2 is 2.00 bits per heavy atom. The van der Waals surface area contributed by atoms with Gasteiger partial charge in [-0.1, -0.05) is 35.4 Å². The smallest absolute Gasteiger partial charge is 0.317 e. The van der Waals surface area contributed by atoms with E-state index in [0.717, 1.165) is 13.0 Å². The largest absolute Gasteiger partial charge is 0.407 e. The van der Waals surface area contributed by atoms with Crippen molar-refractivity contribution in [3.63, 3.8) is 0 Å². The Hall–Kier alpha value is -1.88. The van der Waals surface area contributed by atoms with Crippen molar-refractivity contribution in [1.82, 2.24) is 15.5 Å². The van der Waals surface area contributed by atoms with Gasteiger partial charge in [0.15, 0.2) is 0 Å². The summed E-state index contributed by atoms with van der Waals surface area (Å²) < 4.78 is 5.52. The predicted octanol–water partition coefficient (Wildman–Crippen LogP) is 1.47. The number of aromatic nitrogens is 2. The van der Waals surface area contributed by atoms with Gasteiger partial charge in [-0.2, -0.15) is 0 Å². The highest BCUT2D eigenvalue weighted by Gasteiger charge is 2.09. The molecule has 5 nitrogen and oxygen atoms in total. The van der Waals surface area contributed by atoms with Crippen molar-refractivity contribution in [3.05, 3.63) is 41.8 Å². The SMILES string of the molecule is CNCc1nnc(N(C)CCc2ccccc2)o1. The molecule has 0 saturated heterocycles. The highest BCUT2D eigenvalue weighted by Crippen LogP contribution is 2.11. The third-order valence-electron chi connectivity index (χ3n) is 2.69. The summed E-state index contributed by atoms with van der Waals surface area (Å²) in [4.78, 5) is 1.97. The molecule has 5 heteroatoms. The van der Waals surface area contributed by atoms with Crippen LogP contribution in [-0.2, 0) is 13.0 Å². The molecule has 0 radical (unpaired) electrons. The van der Waals surface area contributed by atoms with Gasteiger partial charge in [-0.05, 0) is 19.0 Å². The molecule has 96 valence electrons. The van der Waals surface area contributed by atoms with Crippen molar-refractivity contribution in [1.29, 1.82) is 0 Å². The Morgan fingerprint density at radius 1 is 1.22 bits per heavy atom. The quantitative estimate of drug-likeness (QED) is 0.836. The standard InChI is InChI=1S/C13H18N4O/c1-14-10-12-15-16-13(18-12)17(2)9-8-11-6-4-3-5-7-11/h3-7,14H,8-10H2,1-2H3. The van der Waals surface area contributed by atoms with Gasteiger partial charge in [0.1, 0.15) is 0 Å². The second kappa shape index (κ2) is 6.16. The lowest BCUT2D eigenvalue weighted by Crippen LogP contribution is -2.20. The van der Waals surface area contributed by atoms with Gasteiger partial charge in [-0.3, -0.25) is 0 Å². The molecule has 18 heavy (non-hydrogen) atoms. The maximum absolute atomic E-state index is 5.52. The van der Waals surface area contributed by atoms with Gasteiger partial charge in [0.25, 0.3) is 0 Å². The van der Waals surface area contributed by atoms with E-state index in [1.165, 1.54) is 5.56 Å². The lowest BCUT2D eigenvalue weighted by atomic mass is 10.1. The molecule has 1 aromatic heterocycles. The lowest BCUT2D eigenvalue weighted by Gasteiger charge is -2.13. The van der Waals surface area contributed by atoms with Crippen molar-refractivity contribution < 1.29 is 4.42 Å². The lowest BCUT2D eigenvalue weighted by molar-refractivity contribution is 0.476. The number of benzene rings is 1. The zero-order valence-electron chi connectivity index (χ0n) is 10.8. The number of hydrogen-bond acceptors (Lipinski definition) is 5. The molecule has 0 spiro atoms. The van der Waals surface area contributed by atoms with Crippen LogP contribution in [0.4, 0.5) is 6.01 Å². The number of rotatable bonds is 6. The van der Waals surface area contributed by atoms with Crippen LogP contribution in [0.1, 0.15) is 11.5 Å². The Kier molecular flexibility index (Phi) is 4.30. The minimum Gasteiger partial charge on any atom is -0.407 e. The van der Waals surface area contributed by atoms with Crippen LogP contribution in [-0.4, -0.2) is 30.8 Å². The molecule has 1 aromatic carbocycles. The summed E-state index contributed by atoms with van der Waals surface area (Å²) in [5.41, 5.74) is 1.30. The van der Waals surface area contributed by atoms with Crippen molar-refractivity contribution in [2.24, 2.45) is 0 Å². The fourth-order valence-electron chi connectivity index (χ4n) is 1.66. The Balaban J connectivity index is 1.89. The van der Waals surface area contributed by atoms with Gasteiger partial charge in [-0.15, -0.1) is 5.10 Å². The van der Waals surface area contributed by atoms with Crippen LogP contribution in [0.15, 0.2) is 34.7 Å². The maximum atomic E-state index is 5.52. The molecule has 2 rings (SSSR count). The first-order chi connectivity index (χ1) is 8.79. The zero-order valence-corrected chi connectivity index (χ0v) is 10.8. The van der Waals surface area contributed by atoms with Crippen LogP contribution in [0.3, 0.4) is 0 Å². The van der Waals surface area contributed by atoms with E-state index in [0.29, 0.717) is 18.5 Å². The Bertz CT molecular complexity index is 469. The summed E-state index contributed by atoms with van der Waals surface area (Å²) in [6.07, 6.45) is 0.959. The number of likely N-dealkylation sites (N-methyl/N-ethyl adjacent to an activating group) is 1. The van der Waals surface area contributed by atoms with Gasteiger partial charge in [0, 0.05) is 13.6 Å². The average molecular weight is 246 g/mol. The van der Waals surface area contributed by atoms with Gasteiger partial charge >= 0.3 is 6.01 Å². The van der Waals surface area contributed by atoms with Crippen molar-refractivity contribution in [3.8, 4) is 0 Å². The molecule has 0 fully saturated rings. The first-order valence-corrected chi connectivity index (χ1v) is 6.01. The maximum Gasteiger partial charge on any atom is 0.317 e. The van der Waals surface area contributed by atoms with Crippen LogP contribution in [0.2, 0.25) is 0 Å². The monoisotopic (exact) mass is 246 g/mol. The normalized spacial score (nSPS) is 10.6.